The highest BCUT2D eigenvalue weighted by Crippen LogP contribution is 2.32. The third-order valence-electron chi connectivity index (χ3n) is 5.17. The number of piperazine rings is 1. The molecule has 0 spiro atoms. The topological polar surface area (TPSA) is 96.2 Å². The van der Waals surface area contributed by atoms with Crippen molar-refractivity contribution in [3.8, 4) is 0 Å². The van der Waals surface area contributed by atoms with E-state index in [1.165, 1.54) is 12.1 Å². The van der Waals surface area contributed by atoms with Gasteiger partial charge in [0.05, 0.1) is 17.2 Å². The van der Waals surface area contributed by atoms with Gasteiger partial charge < -0.3 is 14.5 Å². The minimum Gasteiger partial charge on any atom is -0.444 e. The van der Waals surface area contributed by atoms with Crippen LogP contribution < -0.4 is 4.90 Å². The number of ether oxygens (including phenoxy) is 1. The number of fused-ring (bicyclic) bond motifs is 1. The summed E-state index contributed by atoms with van der Waals surface area (Å²) >= 11 is 0. The molecule has 0 saturated carbocycles. The zero-order chi connectivity index (χ0) is 21.3. The zero-order valence-electron chi connectivity index (χ0n) is 17.4. The average molecular weight is 404 g/mol. The van der Waals surface area contributed by atoms with Crippen LogP contribution in [0.4, 0.5) is 16.2 Å². The van der Waals surface area contributed by atoms with Crippen molar-refractivity contribution in [2.24, 2.45) is 0 Å². The number of rotatable bonds is 3. The van der Waals surface area contributed by atoms with Gasteiger partial charge in [-0.2, -0.15) is 0 Å². The lowest BCUT2D eigenvalue weighted by molar-refractivity contribution is -0.384. The Morgan fingerprint density at radius 3 is 2.59 bits per heavy atom. The molecule has 0 aromatic heterocycles. The number of hydrogen-bond acceptors (Lipinski definition) is 6. The normalized spacial score (nSPS) is 19.8. The van der Waals surface area contributed by atoms with Gasteiger partial charge in [-0.1, -0.05) is 6.07 Å². The van der Waals surface area contributed by atoms with Crippen molar-refractivity contribution >= 4 is 23.4 Å². The molecular weight excluding hydrogens is 376 g/mol. The monoisotopic (exact) mass is 404 g/mol. The molecule has 1 aromatic rings. The van der Waals surface area contributed by atoms with Crippen LogP contribution in [0, 0.1) is 10.1 Å². The molecule has 2 heterocycles. The summed E-state index contributed by atoms with van der Waals surface area (Å²) in [4.78, 5) is 41.2. The smallest absolute Gasteiger partial charge is 0.410 e. The minimum atomic E-state index is -0.546. The summed E-state index contributed by atoms with van der Waals surface area (Å²) in [7, 11) is 0. The molecule has 0 radical (unpaired) electrons. The van der Waals surface area contributed by atoms with Crippen LogP contribution >= 0.6 is 0 Å². The van der Waals surface area contributed by atoms with Crippen LogP contribution in [0.1, 0.15) is 33.3 Å². The van der Waals surface area contributed by atoms with Gasteiger partial charge in [0, 0.05) is 44.4 Å². The molecule has 3 rings (SSSR count). The maximum Gasteiger partial charge on any atom is 0.410 e. The van der Waals surface area contributed by atoms with Crippen molar-refractivity contribution in [1.29, 1.82) is 0 Å². The van der Waals surface area contributed by atoms with Crippen LogP contribution in [0.15, 0.2) is 18.2 Å². The second-order valence-electron chi connectivity index (χ2n) is 8.62. The van der Waals surface area contributed by atoms with Crippen molar-refractivity contribution < 1.29 is 19.2 Å². The quantitative estimate of drug-likeness (QED) is 0.567. The maximum atomic E-state index is 12.9. The van der Waals surface area contributed by atoms with E-state index in [4.69, 9.17) is 4.74 Å². The number of carbonyl (C=O) groups is 2. The number of nitro benzene ring substituents is 1. The SMILES string of the molecule is CC1CN(CC(=O)N2CCc3ccc([N+](=O)[O-])cc32)CCN1C(=O)OC(C)(C)C. The number of carbonyl (C=O) groups excluding carboxylic acids is 2. The van der Waals surface area contributed by atoms with E-state index in [9.17, 15) is 19.7 Å². The Kier molecular flexibility index (Phi) is 5.79. The summed E-state index contributed by atoms with van der Waals surface area (Å²) in [5.41, 5.74) is 1.02. The Balaban J connectivity index is 1.60. The summed E-state index contributed by atoms with van der Waals surface area (Å²) in [5.74, 6) is -0.0813. The molecule has 0 N–H and O–H groups in total. The summed E-state index contributed by atoms with van der Waals surface area (Å²) in [6, 6.07) is 4.61. The van der Waals surface area contributed by atoms with Gasteiger partial charge in [0.15, 0.2) is 0 Å². The lowest BCUT2D eigenvalue weighted by atomic mass is 10.1. The van der Waals surface area contributed by atoms with Crippen LogP contribution in [0.25, 0.3) is 0 Å². The molecular formula is C20H28N4O5. The van der Waals surface area contributed by atoms with E-state index in [1.54, 1.807) is 15.9 Å². The van der Waals surface area contributed by atoms with Crippen LogP contribution in [0.5, 0.6) is 0 Å². The highest BCUT2D eigenvalue weighted by Gasteiger charge is 2.33. The largest absolute Gasteiger partial charge is 0.444 e. The number of nitro groups is 1. The van der Waals surface area contributed by atoms with Gasteiger partial charge in [0.25, 0.3) is 5.69 Å². The molecule has 9 heteroatoms. The number of benzene rings is 1. The van der Waals surface area contributed by atoms with E-state index >= 15 is 0 Å². The van der Waals surface area contributed by atoms with Crippen LogP contribution in [-0.2, 0) is 16.0 Å². The molecule has 2 aliphatic heterocycles. The second-order valence-corrected chi connectivity index (χ2v) is 8.62. The maximum absolute atomic E-state index is 12.9. The molecule has 1 atom stereocenters. The standard InChI is InChI=1S/C20H28N4O5/c1-14-12-21(9-10-22(14)19(26)29-20(2,3)4)13-18(25)23-8-7-15-5-6-16(24(27)28)11-17(15)23/h5-6,11,14H,7-10,12-13H2,1-4H3. The van der Waals surface area contributed by atoms with Gasteiger partial charge in [-0.3, -0.25) is 19.8 Å². The first-order valence-corrected chi connectivity index (χ1v) is 9.85. The molecule has 1 saturated heterocycles. The Hall–Kier alpha value is -2.68. The summed E-state index contributed by atoms with van der Waals surface area (Å²) in [5, 5.41) is 11.1. The molecule has 9 nitrogen and oxygen atoms in total. The third kappa shape index (κ3) is 4.84. The zero-order valence-corrected chi connectivity index (χ0v) is 17.4. The number of nitrogens with zero attached hydrogens (tertiary/aromatic N) is 4. The first-order chi connectivity index (χ1) is 13.5. The highest BCUT2D eigenvalue weighted by molar-refractivity contribution is 5.97. The molecule has 2 aliphatic rings. The molecule has 1 unspecified atom stereocenters. The molecule has 1 aromatic carbocycles. The Bertz CT molecular complexity index is 820. The Morgan fingerprint density at radius 1 is 1.24 bits per heavy atom. The average Bonchev–Trinajstić information content (AvgIpc) is 3.03. The van der Waals surface area contributed by atoms with Gasteiger partial charge in [0.1, 0.15) is 5.60 Å². The predicted octanol–water partition coefficient (Wildman–Crippen LogP) is 2.43. The molecule has 0 bridgehead atoms. The van der Waals surface area contributed by atoms with Gasteiger partial charge >= 0.3 is 6.09 Å². The highest BCUT2D eigenvalue weighted by atomic mass is 16.6. The molecule has 0 aliphatic carbocycles. The van der Waals surface area contributed by atoms with Crippen molar-refractivity contribution in [2.75, 3.05) is 37.6 Å². The number of anilines is 1. The number of hydrogen-bond donors (Lipinski definition) is 0. The summed E-state index contributed by atoms with van der Waals surface area (Å²) in [6.45, 7) is 9.83. The van der Waals surface area contributed by atoms with E-state index in [0.717, 1.165) is 5.56 Å². The van der Waals surface area contributed by atoms with E-state index in [-0.39, 0.29) is 30.3 Å². The van der Waals surface area contributed by atoms with Crippen molar-refractivity contribution in [3.05, 3.63) is 33.9 Å². The van der Waals surface area contributed by atoms with Gasteiger partial charge in [-0.25, -0.2) is 4.79 Å². The minimum absolute atomic E-state index is 0.0111. The van der Waals surface area contributed by atoms with Crippen LogP contribution in [0.2, 0.25) is 0 Å². The number of amides is 2. The lowest BCUT2D eigenvalue weighted by Crippen LogP contribution is -2.56. The van der Waals surface area contributed by atoms with Gasteiger partial charge in [-0.15, -0.1) is 0 Å². The predicted molar refractivity (Wildman–Crippen MR) is 108 cm³/mol. The fraction of sp³-hybridized carbons (Fsp3) is 0.600. The van der Waals surface area contributed by atoms with Gasteiger partial charge in [-0.05, 0) is 39.7 Å². The molecule has 2 amide bonds. The van der Waals surface area contributed by atoms with E-state index in [2.05, 4.69) is 0 Å². The Labute approximate surface area is 170 Å². The first kappa shape index (κ1) is 21.0. The molecule has 29 heavy (non-hydrogen) atoms. The molecule has 158 valence electrons. The van der Waals surface area contributed by atoms with Crippen molar-refractivity contribution in [3.63, 3.8) is 0 Å². The lowest BCUT2D eigenvalue weighted by Gasteiger charge is -2.40. The number of non-ortho nitro benzene ring substituents is 1. The second kappa shape index (κ2) is 7.98. The van der Waals surface area contributed by atoms with Gasteiger partial charge in [0.2, 0.25) is 5.91 Å². The van der Waals surface area contributed by atoms with E-state index < -0.39 is 10.5 Å². The van der Waals surface area contributed by atoms with Crippen LogP contribution in [-0.4, -0.2) is 71.1 Å². The molecule has 1 fully saturated rings. The Morgan fingerprint density at radius 2 is 1.97 bits per heavy atom. The van der Waals surface area contributed by atoms with Crippen LogP contribution in [0.3, 0.4) is 0 Å². The first-order valence-electron chi connectivity index (χ1n) is 9.85. The van der Waals surface area contributed by atoms with E-state index in [0.29, 0.717) is 38.3 Å². The van der Waals surface area contributed by atoms with Crippen molar-refractivity contribution in [2.45, 2.75) is 45.8 Å². The van der Waals surface area contributed by atoms with E-state index in [1.807, 2.05) is 32.6 Å². The summed E-state index contributed by atoms with van der Waals surface area (Å²) in [6.07, 6.45) is 0.360. The fourth-order valence-corrected chi connectivity index (χ4v) is 3.79. The van der Waals surface area contributed by atoms with Crippen molar-refractivity contribution in [1.82, 2.24) is 9.80 Å². The fourth-order valence-electron chi connectivity index (χ4n) is 3.79. The third-order valence-corrected chi connectivity index (χ3v) is 5.17. The summed E-state index contributed by atoms with van der Waals surface area (Å²) < 4.78 is 5.45.